The van der Waals surface area contributed by atoms with E-state index in [1.807, 2.05) is 65.6 Å². The Morgan fingerprint density at radius 2 is 1.71 bits per heavy atom. The lowest BCUT2D eigenvalue weighted by molar-refractivity contribution is -0.130. The Balaban J connectivity index is 1.26. The molecule has 1 aliphatic rings. The minimum atomic E-state index is -0.166. The Bertz CT molecular complexity index is 1520. The van der Waals surface area contributed by atoms with Crippen molar-refractivity contribution in [2.24, 2.45) is 0 Å². The summed E-state index contributed by atoms with van der Waals surface area (Å²) in [6, 6.07) is 20.7. The molecule has 4 aromatic rings. The molecular weight excluding hydrogens is 480 g/mol. The van der Waals surface area contributed by atoms with Crippen LogP contribution < -0.4 is 10.5 Å². The van der Waals surface area contributed by atoms with Gasteiger partial charge in [0.1, 0.15) is 0 Å². The summed E-state index contributed by atoms with van der Waals surface area (Å²) in [5.74, 6) is 0.0976. The number of para-hydroxylation sites is 1. The Hall–Kier alpha value is -3.42. The van der Waals surface area contributed by atoms with E-state index in [0.29, 0.717) is 40.9 Å². The quantitative estimate of drug-likeness (QED) is 0.401. The number of hydrogen-bond donors (Lipinski definition) is 1. The minimum Gasteiger partial charge on any atom is -0.368 e. The number of halogens is 1. The number of hydrogen-bond acceptors (Lipinski definition) is 4. The zero-order valence-corrected chi connectivity index (χ0v) is 20.9. The fraction of sp³-hybridized carbons (Fsp3) is 0.222. The number of nitrogens with zero attached hydrogens (tertiary/aromatic N) is 3. The molecule has 1 amide bonds. The highest BCUT2D eigenvalue weighted by molar-refractivity contribution is 7.71. The van der Waals surface area contributed by atoms with Gasteiger partial charge < -0.3 is 14.8 Å². The van der Waals surface area contributed by atoms with Crippen LogP contribution in [0.5, 0.6) is 0 Å². The number of nitrogens with one attached hydrogen (secondary N) is 1. The van der Waals surface area contributed by atoms with Crippen molar-refractivity contribution in [3.63, 3.8) is 0 Å². The summed E-state index contributed by atoms with van der Waals surface area (Å²) < 4.78 is 1.82. The van der Waals surface area contributed by atoms with Crippen LogP contribution in [0.15, 0.2) is 71.5 Å². The molecule has 0 spiro atoms. The molecule has 0 aliphatic carbocycles. The van der Waals surface area contributed by atoms with Gasteiger partial charge in [-0.1, -0.05) is 41.9 Å². The topological polar surface area (TPSA) is 61.3 Å². The molecule has 1 aromatic heterocycles. The zero-order valence-electron chi connectivity index (χ0n) is 19.3. The Morgan fingerprint density at radius 1 is 1.00 bits per heavy atom. The second kappa shape index (κ2) is 9.68. The third kappa shape index (κ3) is 4.74. The van der Waals surface area contributed by atoms with E-state index in [1.165, 1.54) is 10.1 Å². The smallest absolute Gasteiger partial charge is 0.266 e. The summed E-state index contributed by atoms with van der Waals surface area (Å²) in [6.45, 7) is 4.96. The molecule has 1 fully saturated rings. The van der Waals surface area contributed by atoms with Gasteiger partial charge in [0.25, 0.3) is 5.56 Å². The standard InChI is InChI=1S/C27H25ClN4O2S/c1-18-6-9-20(28)17-24(18)30-12-14-31(15-13-30)25(33)16-19-7-10-21(11-8-19)32-26(34)22-4-2-3-5-23(22)29-27(32)35/h2-11,17H,12-16H2,1H3,(H,29,35). The first-order valence-electron chi connectivity index (χ1n) is 11.5. The molecule has 6 nitrogen and oxygen atoms in total. The van der Waals surface area contributed by atoms with E-state index in [4.69, 9.17) is 23.8 Å². The van der Waals surface area contributed by atoms with Crippen molar-refractivity contribution in [2.45, 2.75) is 13.3 Å². The van der Waals surface area contributed by atoms with Crippen LogP contribution in [0.2, 0.25) is 5.02 Å². The summed E-state index contributed by atoms with van der Waals surface area (Å²) in [5, 5.41) is 1.30. The van der Waals surface area contributed by atoms with E-state index >= 15 is 0 Å². The van der Waals surface area contributed by atoms with E-state index in [0.717, 1.165) is 29.4 Å². The first-order chi connectivity index (χ1) is 16.9. The number of aryl methyl sites for hydroxylation is 1. The number of H-pyrrole nitrogens is 1. The fourth-order valence-corrected chi connectivity index (χ4v) is 5.03. The van der Waals surface area contributed by atoms with Crippen molar-refractivity contribution in [2.75, 3.05) is 31.1 Å². The maximum atomic E-state index is 13.0. The van der Waals surface area contributed by atoms with E-state index in [-0.39, 0.29) is 11.5 Å². The van der Waals surface area contributed by atoms with Crippen LogP contribution in [0.4, 0.5) is 5.69 Å². The average Bonchev–Trinajstić information content (AvgIpc) is 2.86. The molecule has 1 aliphatic heterocycles. The highest BCUT2D eigenvalue weighted by Crippen LogP contribution is 2.25. The maximum Gasteiger partial charge on any atom is 0.266 e. The summed E-state index contributed by atoms with van der Waals surface area (Å²) in [7, 11) is 0. The van der Waals surface area contributed by atoms with Gasteiger partial charge in [0.2, 0.25) is 5.91 Å². The fourth-order valence-electron chi connectivity index (χ4n) is 4.57. The highest BCUT2D eigenvalue weighted by atomic mass is 35.5. The van der Waals surface area contributed by atoms with E-state index < -0.39 is 0 Å². The molecule has 0 saturated carbocycles. The van der Waals surface area contributed by atoms with Gasteiger partial charge in [0.15, 0.2) is 4.77 Å². The average molecular weight is 505 g/mol. The van der Waals surface area contributed by atoms with Gasteiger partial charge in [-0.25, -0.2) is 0 Å². The Kier molecular flexibility index (Phi) is 6.45. The second-order valence-corrected chi connectivity index (χ2v) is 9.58. The maximum absolute atomic E-state index is 13.0. The van der Waals surface area contributed by atoms with Crippen LogP contribution in [-0.2, 0) is 11.2 Å². The summed E-state index contributed by atoms with van der Waals surface area (Å²) in [5.41, 5.74) is 4.42. The molecule has 0 unspecified atom stereocenters. The van der Waals surface area contributed by atoms with Gasteiger partial charge in [-0.15, -0.1) is 0 Å². The van der Waals surface area contributed by atoms with Crippen molar-refractivity contribution in [3.05, 3.63) is 98.0 Å². The van der Waals surface area contributed by atoms with Crippen molar-refractivity contribution in [3.8, 4) is 5.69 Å². The lowest BCUT2D eigenvalue weighted by Crippen LogP contribution is -2.49. The first kappa shape index (κ1) is 23.3. The molecular formula is C27H25ClN4O2S. The van der Waals surface area contributed by atoms with Crippen LogP contribution >= 0.6 is 23.8 Å². The van der Waals surface area contributed by atoms with Gasteiger partial charge in [0.05, 0.1) is 23.0 Å². The predicted octanol–water partition coefficient (Wildman–Crippen LogP) is 4.90. The Labute approximate surface area is 213 Å². The van der Waals surface area contributed by atoms with Crippen molar-refractivity contribution >= 4 is 46.3 Å². The van der Waals surface area contributed by atoms with E-state index in [9.17, 15) is 9.59 Å². The molecule has 3 aromatic carbocycles. The number of carbonyl (C=O) groups is 1. The molecule has 8 heteroatoms. The Morgan fingerprint density at radius 3 is 2.46 bits per heavy atom. The van der Waals surface area contributed by atoms with Gasteiger partial charge >= 0.3 is 0 Å². The molecule has 0 atom stereocenters. The van der Waals surface area contributed by atoms with Crippen molar-refractivity contribution < 1.29 is 4.79 Å². The molecule has 2 heterocycles. The number of fused-ring (bicyclic) bond motifs is 1. The van der Waals surface area contributed by atoms with Crippen LogP contribution in [-0.4, -0.2) is 46.5 Å². The highest BCUT2D eigenvalue weighted by Gasteiger charge is 2.22. The number of rotatable bonds is 4. The second-order valence-electron chi connectivity index (χ2n) is 8.76. The van der Waals surface area contributed by atoms with Crippen LogP contribution in [0.25, 0.3) is 16.6 Å². The monoisotopic (exact) mass is 504 g/mol. The van der Waals surface area contributed by atoms with Crippen LogP contribution in [0.3, 0.4) is 0 Å². The van der Waals surface area contributed by atoms with Crippen LogP contribution in [0, 0.1) is 11.7 Å². The van der Waals surface area contributed by atoms with Gasteiger partial charge in [-0.2, -0.15) is 0 Å². The van der Waals surface area contributed by atoms with Gasteiger partial charge in [-0.05, 0) is 66.7 Å². The summed E-state index contributed by atoms with van der Waals surface area (Å²) in [4.78, 5) is 33.3. The molecule has 1 saturated heterocycles. The largest absolute Gasteiger partial charge is 0.368 e. The number of aromatic amines is 1. The molecule has 1 N–H and O–H groups in total. The zero-order chi connectivity index (χ0) is 24.5. The van der Waals surface area contributed by atoms with E-state index in [1.54, 1.807) is 6.07 Å². The van der Waals surface area contributed by atoms with Gasteiger partial charge in [0, 0.05) is 36.9 Å². The number of amides is 1. The lowest BCUT2D eigenvalue weighted by Gasteiger charge is -2.37. The minimum absolute atomic E-state index is 0.0976. The third-order valence-electron chi connectivity index (χ3n) is 6.50. The first-order valence-corrected chi connectivity index (χ1v) is 12.3. The number of aromatic nitrogens is 2. The summed E-state index contributed by atoms with van der Waals surface area (Å²) >= 11 is 11.6. The normalized spacial score (nSPS) is 13.9. The number of carbonyl (C=O) groups excluding carboxylic acids is 1. The number of benzene rings is 3. The van der Waals surface area contributed by atoms with E-state index in [2.05, 4.69) is 16.8 Å². The number of anilines is 1. The third-order valence-corrected chi connectivity index (χ3v) is 7.02. The molecule has 35 heavy (non-hydrogen) atoms. The number of piperazine rings is 1. The SMILES string of the molecule is Cc1ccc(Cl)cc1N1CCN(C(=O)Cc2ccc(-n3c(=S)[nH]c4ccccc4c3=O)cc2)CC1. The summed E-state index contributed by atoms with van der Waals surface area (Å²) in [6.07, 6.45) is 0.315. The van der Waals surface area contributed by atoms with Crippen molar-refractivity contribution in [1.29, 1.82) is 0 Å². The lowest BCUT2D eigenvalue weighted by atomic mass is 10.1. The predicted molar refractivity (Wildman–Crippen MR) is 143 cm³/mol. The van der Waals surface area contributed by atoms with Crippen molar-refractivity contribution in [1.82, 2.24) is 14.5 Å². The molecule has 5 rings (SSSR count). The molecule has 178 valence electrons. The molecule has 0 radical (unpaired) electrons. The van der Waals surface area contributed by atoms with Crippen LogP contribution in [0.1, 0.15) is 11.1 Å². The van der Waals surface area contributed by atoms with Gasteiger partial charge in [-0.3, -0.25) is 14.2 Å². The molecule has 0 bridgehead atoms.